The molecule has 3 heterocycles. The van der Waals surface area contributed by atoms with E-state index < -0.39 is 30.1 Å². The van der Waals surface area contributed by atoms with Gasteiger partial charge >= 0.3 is 24.3 Å². The smallest absolute Gasteiger partial charge is 0.475 e. The number of imidazole rings is 1. The molecule has 1 unspecified atom stereocenters. The van der Waals surface area contributed by atoms with Crippen LogP contribution in [-0.2, 0) is 29.6 Å². The maximum atomic E-state index is 13.8. The van der Waals surface area contributed by atoms with Gasteiger partial charge < -0.3 is 19.5 Å². The number of aromatic nitrogens is 3. The molecule has 0 aromatic carbocycles. The second kappa shape index (κ2) is 12.9. The van der Waals surface area contributed by atoms with Crippen molar-refractivity contribution in [1.29, 1.82) is 0 Å². The number of fused-ring (bicyclic) bond motifs is 1. The lowest BCUT2D eigenvalue weighted by Crippen LogP contribution is -2.49. The fourth-order valence-electron chi connectivity index (χ4n) is 4.01. The minimum absolute atomic E-state index is 0.0969. The minimum Gasteiger partial charge on any atom is -0.475 e. The molecule has 1 aliphatic heterocycles. The summed E-state index contributed by atoms with van der Waals surface area (Å²) in [5.74, 6) is -5.82. The number of nitrogens with zero attached hydrogens (tertiary/aromatic N) is 4. The molecule has 1 atom stereocenters. The van der Waals surface area contributed by atoms with Crippen LogP contribution in [0.3, 0.4) is 0 Å². The van der Waals surface area contributed by atoms with Gasteiger partial charge in [-0.3, -0.25) is 4.90 Å². The number of hydrogen-bond acceptors (Lipinski definition) is 6. The molecule has 0 bridgehead atoms. The number of halogens is 7. The monoisotopic (exact) mass is 558 g/mol. The van der Waals surface area contributed by atoms with Gasteiger partial charge in [0.15, 0.2) is 5.82 Å². The minimum atomic E-state index is -5.08. The highest BCUT2D eigenvalue weighted by atomic mass is 19.4. The molecule has 2 aromatic heterocycles. The van der Waals surface area contributed by atoms with E-state index in [1.54, 1.807) is 12.3 Å². The summed E-state index contributed by atoms with van der Waals surface area (Å²) in [6, 6.07) is 3.78. The highest BCUT2D eigenvalue weighted by Gasteiger charge is 2.39. The topological polar surface area (TPSA) is 118 Å². The van der Waals surface area contributed by atoms with E-state index in [-0.39, 0.29) is 11.9 Å². The predicted octanol–water partition coefficient (Wildman–Crippen LogP) is 3.97. The van der Waals surface area contributed by atoms with Gasteiger partial charge in [0.2, 0.25) is 5.88 Å². The van der Waals surface area contributed by atoms with Crippen LogP contribution in [0.4, 0.5) is 30.7 Å². The Balaban J connectivity index is 0.000000301. The zero-order valence-corrected chi connectivity index (χ0v) is 20.0. The number of alkyl halides is 6. The Morgan fingerprint density at radius 3 is 2.11 bits per heavy atom. The van der Waals surface area contributed by atoms with Crippen molar-refractivity contribution in [2.24, 2.45) is 7.05 Å². The van der Waals surface area contributed by atoms with E-state index in [4.69, 9.17) is 24.5 Å². The lowest BCUT2D eigenvalue weighted by Gasteiger charge is -2.39. The van der Waals surface area contributed by atoms with E-state index in [1.807, 2.05) is 13.4 Å². The molecule has 16 heteroatoms. The number of rotatable bonds is 4. The molecule has 1 aliphatic carbocycles. The Kier molecular flexibility index (Phi) is 10.4. The Morgan fingerprint density at radius 2 is 1.61 bits per heavy atom. The Hall–Kier alpha value is -3.43. The van der Waals surface area contributed by atoms with Crippen molar-refractivity contribution < 1.29 is 55.3 Å². The van der Waals surface area contributed by atoms with Gasteiger partial charge in [-0.1, -0.05) is 12.8 Å². The van der Waals surface area contributed by atoms with Crippen LogP contribution in [0.15, 0.2) is 24.7 Å². The lowest BCUT2D eigenvalue weighted by atomic mass is 9.99. The molecule has 38 heavy (non-hydrogen) atoms. The number of carboxylic acids is 2. The molecule has 1 saturated carbocycles. The van der Waals surface area contributed by atoms with E-state index in [0.717, 1.165) is 13.0 Å². The number of pyridine rings is 1. The molecule has 2 aliphatic rings. The number of carbonyl (C=O) groups is 2. The van der Waals surface area contributed by atoms with E-state index in [9.17, 15) is 30.7 Å². The van der Waals surface area contributed by atoms with E-state index in [1.165, 1.54) is 43.1 Å². The molecule has 2 aromatic rings. The number of hydrogen-bond donors (Lipinski definition) is 2. The summed E-state index contributed by atoms with van der Waals surface area (Å²) in [5.41, 5.74) is 2.43. The molecule has 4 rings (SSSR count). The SMILES string of the molecule is Cn1cnc2c1CC(COc1ncccc1F)N(C1CCCC1)C2.O=C(O)C(F)(F)F.O=C(O)C(F)(F)F. The number of carboxylic acid groups (broad SMARTS) is 2. The third-order valence-corrected chi connectivity index (χ3v) is 5.79. The summed E-state index contributed by atoms with van der Waals surface area (Å²) in [5, 5.41) is 14.2. The lowest BCUT2D eigenvalue weighted by molar-refractivity contribution is -0.193. The van der Waals surface area contributed by atoms with Crippen molar-refractivity contribution in [2.75, 3.05) is 6.61 Å². The van der Waals surface area contributed by atoms with Gasteiger partial charge in [-0.05, 0) is 25.0 Å². The second-order valence-corrected chi connectivity index (χ2v) is 8.42. The van der Waals surface area contributed by atoms with E-state index in [2.05, 4.69) is 19.4 Å². The molecule has 2 N–H and O–H groups in total. The fraction of sp³-hybridized carbons (Fsp3) is 0.545. The van der Waals surface area contributed by atoms with Gasteiger partial charge in [-0.25, -0.2) is 23.9 Å². The Labute approximate surface area is 211 Å². The molecule has 212 valence electrons. The van der Waals surface area contributed by atoms with Crippen molar-refractivity contribution in [3.8, 4) is 5.88 Å². The van der Waals surface area contributed by atoms with Crippen LogP contribution in [-0.4, -0.2) is 72.6 Å². The van der Waals surface area contributed by atoms with Crippen molar-refractivity contribution in [3.05, 3.63) is 41.9 Å². The molecular formula is C22H25F7N4O5. The first-order valence-electron chi connectivity index (χ1n) is 11.2. The normalized spacial score (nSPS) is 17.9. The van der Waals surface area contributed by atoms with E-state index in [0.29, 0.717) is 12.6 Å². The number of aryl methyl sites for hydroxylation is 1. The average molecular weight is 558 g/mol. The zero-order chi connectivity index (χ0) is 28.7. The average Bonchev–Trinajstić information content (AvgIpc) is 3.48. The number of ether oxygens (including phenoxy) is 1. The first-order chi connectivity index (χ1) is 17.6. The van der Waals surface area contributed by atoms with Crippen LogP contribution in [0.5, 0.6) is 5.88 Å². The Morgan fingerprint density at radius 1 is 1.05 bits per heavy atom. The van der Waals surface area contributed by atoms with Gasteiger partial charge in [-0.2, -0.15) is 26.3 Å². The maximum Gasteiger partial charge on any atom is 0.490 e. The van der Waals surface area contributed by atoms with Crippen molar-refractivity contribution in [2.45, 2.75) is 63.1 Å². The first kappa shape index (κ1) is 30.8. The third kappa shape index (κ3) is 8.85. The highest BCUT2D eigenvalue weighted by molar-refractivity contribution is 5.73. The van der Waals surface area contributed by atoms with E-state index >= 15 is 0 Å². The Bertz CT molecular complexity index is 1060. The van der Waals surface area contributed by atoms with Crippen LogP contribution >= 0.6 is 0 Å². The standard InChI is InChI=1S/C18H23FN4O.2C2HF3O2/c1-22-12-21-16-10-23(13-5-2-3-6-13)14(9-17(16)22)11-24-18-15(19)7-4-8-20-18;2*3-2(4,5)1(6)7/h4,7-8,12-14H,2-3,5-6,9-11H2,1H3;2*(H,6,7). The van der Waals surface area contributed by atoms with Crippen LogP contribution < -0.4 is 4.74 Å². The summed E-state index contributed by atoms with van der Waals surface area (Å²) < 4.78 is 85.1. The van der Waals surface area contributed by atoms with Crippen LogP contribution in [0.1, 0.15) is 37.1 Å². The van der Waals surface area contributed by atoms with Crippen LogP contribution in [0, 0.1) is 5.82 Å². The van der Waals surface area contributed by atoms with Gasteiger partial charge in [-0.15, -0.1) is 0 Å². The molecule has 0 saturated heterocycles. The molecule has 0 radical (unpaired) electrons. The maximum absolute atomic E-state index is 13.8. The summed E-state index contributed by atoms with van der Waals surface area (Å²) in [6.07, 6.45) is -0.784. The fourth-order valence-corrected chi connectivity index (χ4v) is 4.01. The van der Waals surface area contributed by atoms with Gasteiger partial charge in [0, 0.05) is 37.9 Å². The molecule has 0 spiro atoms. The van der Waals surface area contributed by atoms with Gasteiger partial charge in [0.1, 0.15) is 6.61 Å². The third-order valence-electron chi connectivity index (χ3n) is 5.79. The number of aliphatic carboxylic acids is 2. The summed E-state index contributed by atoms with van der Waals surface area (Å²) in [4.78, 5) is 28.9. The van der Waals surface area contributed by atoms with Gasteiger partial charge in [0.05, 0.1) is 18.1 Å². The summed E-state index contributed by atoms with van der Waals surface area (Å²) in [7, 11) is 2.04. The zero-order valence-electron chi connectivity index (χ0n) is 20.0. The van der Waals surface area contributed by atoms with Crippen molar-refractivity contribution >= 4 is 11.9 Å². The second-order valence-electron chi connectivity index (χ2n) is 8.42. The summed E-state index contributed by atoms with van der Waals surface area (Å²) >= 11 is 0. The largest absolute Gasteiger partial charge is 0.490 e. The predicted molar refractivity (Wildman–Crippen MR) is 116 cm³/mol. The van der Waals surface area contributed by atoms with Crippen LogP contribution in [0.25, 0.3) is 0 Å². The van der Waals surface area contributed by atoms with Crippen molar-refractivity contribution in [3.63, 3.8) is 0 Å². The molecular weight excluding hydrogens is 533 g/mol. The molecule has 9 nitrogen and oxygen atoms in total. The highest BCUT2D eigenvalue weighted by Crippen LogP contribution is 2.31. The van der Waals surface area contributed by atoms with Crippen LogP contribution in [0.2, 0.25) is 0 Å². The van der Waals surface area contributed by atoms with Crippen molar-refractivity contribution in [1.82, 2.24) is 19.4 Å². The molecule has 0 amide bonds. The van der Waals surface area contributed by atoms with Gasteiger partial charge in [0.25, 0.3) is 0 Å². The molecule has 1 fully saturated rings. The quantitative estimate of drug-likeness (QED) is 0.542. The summed E-state index contributed by atoms with van der Waals surface area (Å²) in [6.45, 7) is 1.31. The first-order valence-corrected chi connectivity index (χ1v) is 11.2.